The van der Waals surface area contributed by atoms with Crippen molar-refractivity contribution < 1.29 is 9.59 Å². The van der Waals surface area contributed by atoms with Crippen LogP contribution in [0.5, 0.6) is 0 Å². The van der Waals surface area contributed by atoms with Gasteiger partial charge in [0.05, 0.1) is 0 Å². The number of rotatable bonds is 3. The van der Waals surface area contributed by atoms with Gasteiger partial charge in [-0.05, 0) is 37.5 Å². The summed E-state index contributed by atoms with van der Waals surface area (Å²) in [5.41, 5.74) is 1.97. The molecule has 1 aromatic rings. The van der Waals surface area contributed by atoms with E-state index in [1.165, 1.54) is 0 Å². The summed E-state index contributed by atoms with van der Waals surface area (Å²) in [5.74, 6) is -0.115. The van der Waals surface area contributed by atoms with E-state index in [2.05, 4.69) is 12.2 Å². The van der Waals surface area contributed by atoms with E-state index in [4.69, 9.17) is 0 Å². The number of hydrogen-bond donors (Lipinski definition) is 1. The molecule has 0 aliphatic carbocycles. The molecule has 1 aromatic carbocycles. The van der Waals surface area contributed by atoms with E-state index >= 15 is 0 Å². The molecule has 0 radical (unpaired) electrons. The molecule has 0 bridgehead atoms. The Kier molecular flexibility index (Phi) is 3.88. The van der Waals surface area contributed by atoms with Crippen LogP contribution < -0.4 is 10.2 Å². The smallest absolute Gasteiger partial charge is 0.250 e. The van der Waals surface area contributed by atoms with Crippen molar-refractivity contribution in [3.63, 3.8) is 0 Å². The fourth-order valence-electron chi connectivity index (χ4n) is 2.38. The fourth-order valence-corrected chi connectivity index (χ4v) is 2.38. The number of amides is 2. The van der Waals surface area contributed by atoms with Gasteiger partial charge in [-0.2, -0.15) is 0 Å². The third-order valence-corrected chi connectivity index (χ3v) is 3.62. The third kappa shape index (κ3) is 2.48. The van der Waals surface area contributed by atoms with Crippen molar-refractivity contribution >= 4 is 17.5 Å². The monoisotopic (exact) mass is 260 g/mol. The standard InChI is InChI=1S/C15H20N2O2/c1-4-11-7-6-8-12(9-11)17-10(3)14(18)16-13(5-2)15(17)19/h6-10,13H,4-5H2,1-3H3,(H,16,18). The molecule has 0 spiro atoms. The first kappa shape index (κ1) is 13.6. The molecule has 2 amide bonds. The van der Waals surface area contributed by atoms with Gasteiger partial charge in [0, 0.05) is 5.69 Å². The highest BCUT2D eigenvalue weighted by Crippen LogP contribution is 2.23. The van der Waals surface area contributed by atoms with Crippen LogP contribution in [0.2, 0.25) is 0 Å². The fraction of sp³-hybridized carbons (Fsp3) is 0.467. The maximum Gasteiger partial charge on any atom is 0.250 e. The van der Waals surface area contributed by atoms with E-state index in [1.807, 2.05) is 31.2 Å². The van der Waals surface area contributed by atoms with Crippen LogP contribution >= 0.6 is 0 Å². The van der Waals surface area contributed by atoms with E-state index in [-0.39, 0.29) is 11.8 Å². The number of anilines is 1. The van der Waals surface area contributed by atoms with Crippen LogP contribution in [0, 0.1) is 0 Å². The lowest BCUT2D eigenvalue weighted by Gasteiger charge is -2.37. The van der Waals surface area contributed by atoms with Gasteiger partial charge in [0.15, 0.2) is 0 Å². The first-order valence-corrected chi connectivity index (χ1v) is 6.80. The van der Waals surface area contributed by atoms with E-state index < -0.39 is 12.1 Å². The number of piperazine rings is 1. The predicted octanol–water partition coefficient (Wildman–Crippen LogP) is 1.88. The second-order valence-electron chi connectivity index (χ2n) is 4.88. The van der Waals surface area contributed by atoms with Crippen LogP contribution in [0.4, 0.5) is 5.69 Å². The van der Waals surface area contributed by atoms with Crippen molar-refractivity contribution in [3.8, 4) is 0 Å². The SMILES string of the molecule is CCc1cccc(N2C(=O)C(CC)NC(=O)C2C)c1. The predicted molar refractivity (Wildman–Crippen MR) is 75.0 cm³/mol. The zero-order valence-electron chi connectivity index (χ0n) is 11.6. The lowest BCUT2D eigenvalue weighted by Crippen LogP contribution is -2.62. The molecule has 0 aromatic heterocycles. The van der Waals surface area contributed by atoms with E-state index in [0.29, 0.717) is 6.42 Å². The first-order valence-electron chi connectivity index (χ1n) is 6.80. The average molecular weight is 260 g/mol. The lowest BCUT2D eigenvalue weighted by atomic mass is 10.0. The van der Waals surface area contributed by atoms with Crippen molar-refractivity contribution in [1.82, 2.24) is 5.32 Å². The molecule has 19 heavy (non-hydrogen) atoms. The molecule has 1 aliphatic heterocycles. The van der Waals surface area contributed by atoms with Gasteiger partial charge in [-0.15, -0.1) is 0 Å². The third-order valence-electron chi connectivity index (χ3n) is 3.62. The van der Waals surface area contributed by atoms with Gasteiger partial charge in [-0.25, -0.2) is 0 Å². The molecular weight excluding hydrogens is 240 g/mol. The Morgan fingerprint density at radius 1 is 1.26 bits per heavy atom. The molecule has 4 heteroatoms. The molecule has 2 unspecified atom stereocenters. The molecule has 1 aliphatic rings. The van der Waals surface area contributed by atoms with Gasteiger partial charge in [-0.3, -0.25) is 14.5 Å². The van der Waals surface area contributed by atoms with Gasteiger partial charge >= 0.3 is 0 Å². The number of nitrogens with one attached hydrogen (secondary N) is 1. The Morgan fingerprint density at radius 2 is 2.00 bits per heavy atom. The average Bonchev–Trinajstić information content (AvgIpc) is 2.43. The van der Waals surface area contributed by atoms with Crippen LogP contribution in [0.3, 0.4) is 0 Å². The Morgan fingerprint density at radius 3 is 2.63 bits per heavy atom. The zero-order valence-corrected chi connectivity index (χ0v) is 11.6. The number of aryl methyl sites for hydroxylation is 1. The molecule has 1 saturated heterocycles. The van der Waals surface area contributed by atoms with Crippen LogP contribution in [0.15, 0.2) is 24.3 Å². The van der Waals surface area contributed by atoms with Crippen LogP contribution in [-0.4, -0.2) is 23.9 Å². The topological polar surface area (TPSA) is 49.4 Å². The van der Waals surface area contributed by atoms with Gasteiger partial charge in [0.2, 0.25) is 11.8 Å². The Labute approximate surface area is 113 Å². The molecule has 0 saturated carbocycles. The van der Waals surface area contributed by atoms with Gasteiger partial charge in [-0.1, -0.05) is 26.0 Å². The van der Waals surface area contributed by atoms with Crippen molar-refractivity contribution in [2.24, 2.45) is 0 Å². The first-order chi connectivity index (χ1) is 9.08. The van der Waals surface area contributed by atoms with E-state index in [1.54, 1.807) is 11.8 Å². The summed E-state index contributed by atoms with van der Waals surface area (Å²) >= 11 is 0. The van der Waals surface area contributed by atoms with Gasteiger partial charge in [0.25, 0.3) is 0 Å². The summed E-state index contributed by atoms with van der Waals surface area (Å²) in [5, 5.41) is 2.76. The lowest BCUT2D eigenvalue weighted by molar-refractivity contribution is -0.133. The molecule has 4 nitrogen and oxygen atoms in total. The Bertz CT molecular complexity index is 499. The summed E-state index contributed by atoms with van der Waals surface area (Å²) in [6.07, 6.45) is 1.52. The highest BCUT2D eigenvalue weighted by molar-refractivity contribution is 6.08. The van der Waals surface area contributed by atoms with Crippen molar-refractivity contribution in [2.75, 3.05) is 4.90 Å². The van der Waals surface area contributed by atoms with E-state index in [0.717, 1.165) is 17.7 Å². The minimum atomic E-state index is -0.456. The summed E-state index contributed by atoms with van der Waals surface area (Å²) in [6.45, 7) is 5.74. The van der Waals surface area contributed by atoms with Crippen molar-refractivity contribution in [2.45, 2.75) is 45.7 Å². The van der Waals surface area contributed by atoms with E-state index in [9.17, 15) is 9.59 Å². The van der Waals surface area contributed by atoms with Crippen LogP contribution in [0.25, 0.3) is 0 Å². The largest absolute Gasteiger partial charge is 0.343 e. The normalized spacial score (nSPS) is 23.4. The molecule has 2 rings (SSSR count). The number of benzene rings is 1. The summed E-state index contributed by atoms with van der Waals surface area (Å²) in [4.78, 5) is 26.0. The highest BCUT2D eigenvalue weighted by atomic mass is 16.2. The highest BCUT2D eigenvalue weighted by Gasteiger charge is 2.37. The van der Waals surface area contributed by atoms with Crippen molar-refractivity contribution in [3.05, 3.63) is 29.8 Å². The minimum Gasteiger partial charge on any atom is -0.343 e. The molecule has 1 fully saturated rings. The number of carbonyl (C=O) groups excluding carboxylic acids is 2. The second kappa shape index (κ2) is 5.43. The zero-order chi connectivity index (χ0) is 14.0. The Balaban J connectivity index is 2.38. The summed E-state index contributed by atoms with van der Waals surface area (Å²) in [7, 11) is 0. The number of nitrogens with zero attached hydrogens (tertiary/aromatic N) is 1. The molecule has 1 N–H and O–H groups in total. The number of carbonyl (C=O) groups is 2. The second-order valence-corrected chi connectivity index (χ2v) is 4.88. The molecule has 1 heterocycles. The quantitative estimate of drug-likeness (QED) is 0.902. The maximum absolute atomic E-state index is 12.4. The molecular formula is C15H20N2O2. The van der Waals surface area contributed by atoms with Crippen molar-refractivity contribution in [1.29, 1.82) is 0 Å². The minimum absolute atomic E-state index is 0.0251. The number of hydrogen-bond acceptors (Lipinski definition) is 2. The van der Waals surface area contributed by atoms with Gasteiger partial charge < -0.3 is 5.32 Å². The Hall–Kier alpha value is -1.84. The summed E-state index contributed by atoms with van der Waals surface area (Å²) < 4.78 is 0. The summed E-state index contributed by atoms with van der Waals surface area (Å²) in [6, 6.07) is 6.97. The van der Waals surface area contributed by atoms with Crippen LogP contribution in [-0.2, 0) is 16.0 Å². The van der Waals surface area contributed by atoms with Crippen LogP contribution in [0.1, 0.15) is 32.8 Å². The molecule has 2 atom stereocenters. The molecule has 102 valence electrons. The van der Waals surface area contributed by atoms with Gasteiger partial charge in [0.1, 0.15) is 12.1 Å². The maximum atomic E-state index is 12.4.